The molecule has 6 nitrogen and oxygen atoms in total. The van der Waals surface area contributed by atoms with Crippen LogP contribution in [0.1, 0.15) is 24.8 Å². The van der Waals surface area contributed by atoms with Crippen LogP contribution in [0.25, 0.3) is 0 Å². The summed E-state index contributed by atoms with van der Waals surface area (Å²) in [6, 6.07) is 10.5. The molecule has 0 saturated carbocycles. The van der Waals surface area contributed by atoms with E-state index in [-0.39, 0.29) is 17.9 Å². The molecule has 6 heteroatoms. The molecule has 0 spiro atoms. The first-order valence-electron chi connectivity index (χ1n) is 9.20. The fourth-order valence-corrected chi connectivity index (χ4v) is 3.71. The molecule has 2 fully saturated rings. The number of carbonyl (C=O) groups is 2. The van der Waals surface area contributed by atoms with Crippen molar-refractivity contribution in [3.05, 3.63) is 35.9 Å². The van der Waals surface area contributed by atoms with E-state index in [0.29, 0.717) is 25.4 Å². The molecular weight excluding hydrogens is 316 g/mol. The Morgan fingerprint density at radius 1 is 1.08 bits per heavy atom. The van der Waals surface area contributed by atoms with E-state index in [1.807, 2.05) is 6.07 Å². The van der Waals surface area contributed by atoms with Crippen LogP contribution < -0.4 is 11.1 Å². The number of urea groups is 1. The number of piperidine rings is 1. The summed E-state index contributed by atoms with van der Waals surface area (Å²) in [6.07, 6.45) is 2.90. The van der Waals surface area contributed by atoms with Gasteiger partial charge in [-0.25, -0.2) is 4.79 Å². The Morgan fingerprint density at radius 2 is 1.80 bits per heavy atom. The quantitative estimate of drug-likeness (QED) is 0.848. The zero-order chi connectivity index (χ0) is 17.6. The summed E-state index contributed by atoms with van der Waals surface area (Å²) in [6.45, 7) is 4.94. The number of likely N-dealkylation sites (tertiary alicyclic amines) is 2. The molecule has 0 unspecified atom stereocenters. The smallest absolute Gasteiger partial charge is 0.317 e. The number of amides is 3. The monoisotopic (exact) mass is 344 g/mol. The molecule has 2 aliphatic heterocycles. The van der Waals surface area contributed by atoms with Gasteiger partial charge in [0.1, 0.15) is 0 Å². The van der Waals surface area contributed by atoms with Crippen molar-refractivity contribution in [1.82, 2.24) is 15.1 Å². The average molecular weight is 344 g/mol. The van der Waals surface area contributed by atoms with E-state index in [9.17, 15) is 9.59 Å². The van der Waals surface area contributed by atoms with Gasteiger partial charge in [-0.05, 0) is 43.8 Å². The number of rotatable bonds is 5. The fraction of sp³-hybridized carbons (Fsp3) is 0.579. The second-order valence-corrected chi connectivity index (χ2v) is 7.23. The minimum absolute atomic E-state index is 0.0598. The molecule has 3 rings (SSSR count). The second-order valence-electron chi connectivity index (χ2n) is 7.23. The molecule has 1 atom stereocenters. The molecule has 2 saturated heterocycles. The molecule has 1 aromatic carbocycles. The summed E-state index contributed by atoms with van der Waals surface area (Å²) >= 11 is 0. The maximum atomic E-state index is 12.2. The summed E-state index contributed by atoms with van der Waals surface area (Å²) in [4.78, 5) is 27.6. The number of carbonyl (C=O) groups excluding carboxylic acids is 2. The van der Waals surface area contributed by atoms with Crippen LogP contribution >= 0.6 is 0 Å². The van der Waals surface area contributed by atoms with Gasteiger partial charge in [0.05, 0.1) is 5.92 Å². The molecule has 3 amide bonds. The molecule has 136 valence electrons. The van der Waals surface area contributed by atoms with E-state index < -0.39 is 0 Å². The van der Waals surface area contributed by atoms with Gasteiger partial charge in [-0.2, -0.15) is 0 Å². The molecule has 0 aliphatic carbocycles. The van der Waals surface area contributed by atoms with Gasteiger partial charge >= 0.3 is 6.03 Å². The molecule has 0 radical (unpaired) electrons. The zero-order valence-electron chi connectivity index (χ0n) is 14.7. The molecular formula is C19H28N4O2. The number of nitrogens with one attached hydrogen (secondary N) is 1. The molecule has 2 aliphatic rings. The lowest BCUT2D eigenvalue weighted by Gasteiger charge is -2.32. The SMILES string of the molecule is NC(=O)[C@H]1CCN(C(=O)NCC2CCN(Cc3ccccc3)CC2)C1. The van der Waals surface area contributed by atoms with Crippen molar-refractivity contribution < 1.29 is 9.59 Å². The predicted octanol–water partition coefficient (Wildman–Crippen LogP) is 1.42. The summed E-state index contributed by atoms with van der Waals surface area (Å²) in [5, 5.41) is 3.03. The fourth-order valence-electron chi connectivity index (χ4n) is 3.71. The standard InChI is InChI=1S/C19H28N4O2/c20-18(24)17-8-11-23(14-17)19(25)21-12-15-6-9-22(10-7-15)13-16-4-2-1-3-5-16/h1-5,15,17H,6-14H2,(H2,20,24)(H,21,25)/t17-/m0/s1. The minimum Gasteiger partial charge on any atom is -0.369 e. The summed E-state index contributed by atoms with van der Waals surface area (Å²) in [5.74, 6) is 0.0403. The van der Waals surface area contributed by atoms with Gasteiger partial charge in [-0.15, -0.1) is 0 Å². The average Bonchev–Trinajstić information content (AvgIpc) is 3.12. The maximum absolute atomic E-state index is 12.2. The number of primary amides is 1. The van der Waals surface area contributed by atoms with Crippen LogP contribution in [0.2, 0.25) is 0 Å². The summed E-state index contributed by atoms with van der Waals surface area (Å²) < 4.78 is 0. The van der Waals surface area contributed by atoms with Crippen LogP contribution in [0, 0.1) is 11.8 Å². The molecule has 3 N–H and O–H groups in total. The third-order valence-corrected chi connectivity index (χ3v) is 5.38. The number of nitrogens with zero attached hydrogens (tertiary/aromatic N) is 2. The van der Waals surface area contributed by atoms with Crippen LogP contribution in [0.4, 0.5) is 4.79 Å². The summed E-state index contributed by atoms with van der Waals surface area (Å²) in [5.41, 5.74) is 6.67. The Bertz CT molecular complexity index is 584. The van der Waals surface area contributed by atoms with Crippen LogP contribution in [-0.4, -0.2) is 54.5 Å². The van der Waals surface area contributed by atoms with Crippen molar-refractivity contribution in [2.45, 2.75) is 25.8 Å². The van der Waals surface area contributed by atoms with E-state index in [4.69, 9.17) is 5.73 Å². The lowest BCUT2D eigenvalue weighted by atomic mass is 9.96. The second kappa shape index (κ2) is 8.34. The molecule has 25 heavy (non-hydrogen) atoms. The van der Waals surface area contributed by atoms with Gasteiger partial charge in [-0.3, -0.25) is 9.69 Å². The lowest BCUT2D eigenvalue weighted by molar-refractivity contribution is -0.121. The van der Waals surface area contributed by atoms with Crippen molar-refractivity contribution in [3.63, 3.8) is 0 Å². The maximum Gasteiger partial charge on any atom is 0.317 e. The highest BCUT2D eigenvalue weighted by Gasteiger charge is 2.30. The Labute approximate surface area is 149 Å². The van der Waals surface area contributed by atoms with Gasteiger partial charge in [0.2, 0.25) is 5.91 Å². The highest BCUT2D eigenvalue weighted by molar-refractivity contribution is 5.80. The van der Waals surface area contributed by atoms with Gasteiger partial charge in [0.25, 0.3) is 0 Å². The van der Waals surface area contributed by atoms with Crippen molar-refractivity contribution in [1.29, 1.82) is 0 Å². The van der Waals surface area contributed by atoms with Crippen LogP contribution in [0.3, 0.4) is 0 Å². The lowest BCUT2D eigenvalue weighted by Crippen LogP contribution is -2.43. The molecule has 0 bridgehead atoms. The Morgan fingerprint density at radius 3 is 2.44 bits per heavy atom. The van der Waals surface area contributed by atoms with Gasteiger partial charge in [0, 0.05) is 26.2 Å². The van der Waals surface area contributed by atoms with E-state index in [0.717, 1.165) is 39.0 Å². The Kier molecular flexibility index (Phi) is 5.91. The third-order valence-electron chi connectivity index (χ3n) is 5.38. The Hall–Kier alpha value is -2.08. The van der Waals surface area contributed by atoms with Crippen molar-refractivity contribution >= 4 is 11.9 Å². The van der Waals surface area contributed by atoms with Crippen molar-refractivity contribution in [2.24, 2.45) is 17.6 Å². The van der Waals surface area contributed by atoms with Crippen LogP contribution in [-0.2, 0) is 11.3 Å². The number of nitrogens with two attached hydrogens (primary N) is 1. The van der Waals surface area contributed by atoms with Crippen LogP contribution in [0.15, 0.2) is 30.3 Å². The van der Waals surface area contributed by atoms with Gasteiger partial charge in [0.15, 0.2) is 0 Å². The molecule has 2 heterocycles. The molecule has 0 aromatic heterocycles. The van der Waals surface area contributed by atoms with Gasteiger partial charge < -0.3 is 16.0 Å². The highest BCUT2D eigenvalue weighted by Crippen LogP contribution is 2.19. The van der Waals surface area contributed by atoms with Crippen molar-refractivity contribution in [3.8, 4) is 0 Å². The van der Waals surface area contributed by atoms with E-state index in [1.165, 1.54) is 5.56 Å². The normalized spacial score (nSPS) is 22.1. The Balaban J connectivity index is 1.35. The van der Waals surface area contributed by atoms with Crippen LogP contribution in [0.5, 0.6) is 0 Å². The van der Waals surface area contributed by atoms with E-state index in [1.54, 1.807) is 4.90 Å². The topological polar surface area (TPSA) is 78.7 Å². The first kappa shape index (κ1) is 17.7. The number of hydrogen-bond donors (Lipinski definition) is 2. The minimum atomic E-state index is -0.305. The first-order chi connectivity index (χ1) is 12.1. The van der Waals surface area contributed by atoms with E-state index >= 15 is 0 Å². The zero-order valence-corrected chi connectivity index (χ0v) is 14.7. The molecule has 1 aromatic rings. The summed E-state index contributed by atoms with van der Waals surface area (Å²) in [7, 11) is 0. The predicted molar refractivity (Wildman–Crippen MR) is 96.7 cm³/mol. The number of hydrogen-bond acceptors (Lipinski definition) is 3. The largest absolute Gasteiger partial charge is 0.369 e. The first-order valence-corrected chi connectivity index (χ1v) is 9.20. The highest BCUT2D eigenvalue weighted by atomic mass is 16.2. The van der Waals surface area contributed by atoms with E-state index in [2.05, 4.69) is 34.5 Å². The number of benzene rings is 1. The van der Waals surface area contributed by atoms with Gasteiger partial charge in [-0.1, -0.05) is 30.3 Å². The third kappa shape index (κ3) is 4.95. The van der Waals surface area contributed by atoms with Crippen molar-refractivity contribution in [2.75, 3.05) is 32.7 Å².